The molecule has 0 aromatic heterocycles. The Morgan fingerprint density at radius 2 is 1.90 bits per heavy atom. The van der Waals surface area contributed by atoms with Crippen molar-refractivity contribution in [3.8, 4) is 0 Å². The minimum atomic E-state index is -0.879. The van der Waals surface area contributed by atoms with Gasteiger partial charge in [0.05, 0.1) is 12.5 Å². The van der Waals surface area contributed by atoms with Crippen LogP contribution in [0.5, 0.6) is 0 Å². The lowest BCUT2D eigenvalue weighted by molar-refractivity contribution is -0.137. The molecule has 110 valence electrons. The standard InChI is InChI=1S/C15H21NO4/c1-11(7-8-15(19)20)16-14(18)10-13(17)9-12-5-3-2-4-6-12/h2-6,11,13,17H,7-10H2,1H3,(H,16,18)(H,19,20)/t11-,13?/m1/s1. The molecule has 0 fully saturated rings. The number of carboxylic acid groups (broad SMARTS) is 1. The Balaban J connectivity index is 2.29. The molecule has 0 heterocycles. The molecular weight excluding hydrogens is 258 g/mol. The van der Waals surface area contributed by atoms with E-state index in [1.807, 2.05) is 30.3 Å². The summed E-state index contributed by atoms with van der Waals surface area (Å²) in [4.78, 5) is 22.1. The van der Waals surface area contributed by atoms with E-state index in [9.17, 15) is 14.7 Å². The third kappa shape index (κ3) is 6.89. The fourth-order valence-corrected chi connectivity index (χ4v) is 1.92. The van der Waals surface area contributed by atoms with Crippen molar-refractivity contribution >= 4 is 11.9 Å². The number of nitrogens with one attached hydrogen (secondary N) is 1. The lowest BCUT2D eigenvalue weighted by atomic mass is 10.1. The van der Waals surface area contributed by atoms with Gasteiger partial charge >= 0.3 is 5.97 Å². The maximum atomic E-state index is 11.7. The number of aliphatic hydroxyl groups excluding tert-OH is 1. The monoisotopic (exact) mass is 279 g/mol. The number of aliphatic carboxylic acids is 1. The van der Waals surface area contributed by atoms with E-state index in [1.54, 1.807) is 6.92 Å². The molecule has 1 unspecified atom stereocenters. The molecule has 0 aliphatic carbocycles. The number of carbonyl (C=O) groups excluding carboxylic acids is 1. The molecule has 1 rings (SSSR count). The van der Waals surface area contributed by atoms with Gasteiger partial charge in [0.2, 0.25) is 5.91 Å². The first-order valence-corrected chi connectivity index (χ1v) is 6.70. The minimum Gasteiger partial charge on any atom is -0.481 e. The first-order valence-electron chi connectivity index (χ1n) is 6.70. The molecule has 1 aromatic rings. The van der Waals surface area contributed by atoms with Crippen molar-refractivity contribution in [1.82, 2.24) is 5.32 Å². The molecular formula is C15H21NO4. The van der Waals surface area contributed by atoms with Crippen LogP contribution in [0.1, 0.15) is 31.7 Å². The average molecular weight is 279 g/mol. The summed E-state index contributed by atoms with van der Waals surface area (Å²) in [6.07, 6.45) is 0.123. The smallest absolute Gasteiger partial charge is 0.303 e. The fourth-order valence-electron chi connectivity index (χ4n) is 1.92. The lowest BCUT2D eigenvalue weighted by Crippen LogP contribution is -2.35. The normalized spacial score (nSPS) is 13.5. The third-order valence-electron chi connectivity index (χ3n) is 2.93. The van der Waals surface area contributed by atoms with E-state index in [2.05, 4.69) is 5.32 Å². The molecule has 1 aromatic carbocycles. The number of hydrogen-bond donors (Lipinski definition) is 3. The molecule has 2 atom stereocenters. The maximum absolute atomic E-state index is 11.7. The molecule has 0 aliphatic rings. The van der Waals surface area contributed by atoms with E-state index >= 15 is 0 Å². The van der Waals surface area contributed by atoms with Crippen LogP contribution in [-0.2, 0) is 16.0 Å². The Bertz CT molecular complexity index is 433. The van der Waals surface area contributed by atoms with Gasteiger partial charge in [0.1, 0.15) is 0 Å². The molecule has 0 aliphatic heterocycles. The predicted molar refractivity (Wildman–Crippen MR) is 75.2 cm³/mol. The van der Waals surface area contributed by atoms with Crippen LogP contribution >= 0.6 is 0 Å². The molecule has 5 heteroatoms. The van der Waals surface area contributed by atoms with Crippen LogP contribution in [0.3, 0.4) is 0 Å². The highest BCUT2D eigenvalue weighted by Crippen LogP contribution is 2.06. The zero-order chi connectivity index (χ0) is 15.0. The maximum Gasteiger partial charge on any atom is 0.303 e. The Morgan fingerprint density at radius 1 is 1.25 bits per heavy atom. The van der Waals surface area contributed by atoms with Crippen molar-refractivity contribution in [2.24, 2.45) is 0 Å². The van der Waals surface area contributed by atoms with Crippen LogP contribution in [0.15, 0.2) is 30.3 Å². The molecule has 0 spiro atoms. The number of benzene rings is 1. The Hall–Kier alpha value is -1.88. The number of hydrogen-bond acceptors (Lipinski definition) is 3. The Kier molecular flexibility index (Phi) is 6.73. The second kappa shape index (κ2) is 8.32. The fraction of sp³-hybridized carbons (Fsp3) is 0.467. The number of amides is 1. The topological polar surface area (TPSA) is 86.6 Å². The summed E-state index contributed by atoms with van der Waals surface area (Å²) in [5.41, 5.74) is 0.978. The van der Waals surface area contributed by atoms with E-state index in [4.69, 9.17) is 5.11 Å². The van der Waals surface area contributed by atoms with E-state index < -0.39 is 12.1 Å². The minimum absolute atomic E-state index is 0.0201. The number of rotatable bonds is 8. The molecule has 0 saturated heterocycles. The quantitative estimate of drug-likeness (QED) is 0.670. The van der Waals surface area contributed by atoms with Crippen molar-refractivity contribution in [3.63, 3.8) is 0 Å². The predicted octanol–water partition coefficient (Wildman–Crippen LogP) is 1.35. The van der Waals surface area contributed by atoms with Crippen molar-refractivity contribution in [3.05, 3.63) is 35.9 Å². The highest BCUT2D eigenvalue weighted by atomic mass is 16.4. The molecule has 1 amide bonds. The van der Waals surface area contributed by atoms with Crippen molar-refractivity contribution in [2.45, 2.75) is 44.8 Å². The van der Waals surface area contributed by atoms with Crippen molar-refractivity contribution < 1.29 is 19.8 Å². The van der Waals surface area contributed by atoms with E-state index in [-0.39, 0.29) is 24.8 Å². The van der Waals surface area contributed by atoms with Crippen LogP contribution in [0.4, 0.5) is 0 Å². The summed E-state index contributed by atoms with van der Waals surface area (Å²) in [5.74, 6) is -1.14. The highest BCUT2D eigenvalue weighted by molar-refractivity contribution is 5.76. The van der Waals surface area contributed by atoms with Crippen LogP contribution < -0.4 is 5.32 Å². The zero-order valence-electron chi connectivity index (χ0n) is 11.6. The average Bonchev–Trinajstić information content (AvgIpc) is 2.37. The van der Waals surface area contributed by atoms with E-state index in [0.717, 1.165) is 5.56 Å². The van der Waals surface area contributed by atoms with Crippen LogP contribution in [0.2, 0.25) is 0 Å². The van der Waals surface area contributed by atoms with Gasteiger partial charge in [-0.2, -0.15) is 0 Å². The summed E-state index contributed by atoms with van der Waals surface area (Å²) in [7, 11) is 0. The van der Waals surface area contributed by atoms with Gasteiger partial charge in [0.25, 0.3) is 0 Å². The zero-order valence-corrected chi connectivity index (χ0v) is 11.6. The van der Waals surface area contributed by atoms with Gasteiger partial charge in [0.15, 0.2) is 0 Å². The van der Waals surface area contributed by atoms with Crippen LogP contribution in [-0.4, -0.2) is 34.2 Å². The van der Waals surface area contributed by atoms with Gasteiger partial charge in [-0.15, -0.1) is 0 Å². The largest absolute Gasteiger partial charge is 0.481 e. The SMILES string of the molecule is C[C@H](CCC(=O)O)NC(=O)CC(O)Cc1ccccc1. The van der Waals surface area contributed by atoms with Gasteiger partial charge in [-0.25, -0.2) is 0 Å². The van der Waals surface area contributed by atoms with Crippen molar-refractivity contribution in [1.29, 1.82) is 0 Å². The first-order chi connectivity index (χ1) is 9.47. The second-order valence-corrected chi connectivity index (χ2v) is 4.95. The lowest BCUT2D eigenvalue weighted by Gasteiger charge is -2.15. The van der Waals surface area contributed by atoms with Gasteiger partial charge in [-0.3, -0.25) is 9.59 Å². The number of carbonyl (C=O) groups is 2. The summed E-state index contributed by atoms with van der Waals surface area (Å²) in [6.45, 7) is 1.75. The Labute approximate surface area is 118 Å². The molecule has 0 radical (unpaired) electrons. The third-order valence-corrected chi connectivity index (χ3v) is 2.93. The van der Waals surface area contributed by atoms with Gasteiger partial charge in [-0.05, 0) is 25.3 Å². The number of carboxylic acids is 1. The highest BCUT2D eigenvalue weighted by Gasteiger charge is 2.14. The summed E-state index contributed by atoms with van der Waals surface area (Å²) < 4.78 is 0. The molecule has 5 nitrogen and oxygen atoms in total. The summed E-state index contributed by atoms with van der Waals surface area (Å²) in [6, 6.07) is 9.26. The molecule has 3 N–H and O–H groups in total. The first kappa shape index (κ1) is 16.2. The molecule has 0 saturated carbocycles. The number of aliphatic hydroxyl groups is 1. The molecule has 0 bridgehead atoms. The Morgan fingerprint density at radius 3 is 2.50 bits per heavy atom. The summed E-state index contributed by atoms with van der Waals surface area (Å²) >= 11 is 0. The van der Waals surface area contributed by atoms with Gasteiger partial charge < -0.3 is 15.5 Å². The second-order valence-electron chi connectivity index (χ2n) is 4.95. The molecule has 20 heavy (non-hydrogen) atoms. The van der Waals surface area contributed by atoms with E-state index in [0.29, 0.717) is 12.8 Å². The van der Waals surface area contributed by atoms with Crippen molar-refractivity contribution in [2.75, 3.05) is 0 Å². The van der Waals surface area contributed by atoms with Gasteiger partial charge in [0, 0.05) is 12.5 Å². The van der Waals surface area contributed by atoms with Gasteiger partial charge in [-0.1, -0.05) is 30.3 Å². The summed E-state index contributed by atoms with van der Waals surface area (Å²) in [5, 5.41) is 21.1. The van der Waals surface area contributed by atoms with Crippen LogP contribution in [0.25, 0.3) is 0 Å². The van der Waals surface area contributed by atoms with E-state index in [1.165, 1.54) is 0 Å². The van der Waals surface area contributed by atoms with Crippen LogP contribution in [0, 0.1) is 0 Å².